The largest absolute Gasteiger partial charge is 0.493 e. The predicted octanol–water partition coefficient (Wildman–Crippen LogP) is 2.60. The lowest BCUT2D eigenvalue weighted by atomic mass is 10.1. The number of ether oxygens (including phenoxy) is 1. The van der Waals surface area contributed by atoms with Crippen molar-refractivity contribution in [3.63, 3.8) is 0 Å². The van der Waals surface area contributed by atoms with Crippen molar-refractivity contribution < 1.29 is 4.74 Å². The molecule has 5 heterocycles. The van der Waals surface area contributed by atoms with Crippen molar-refractivity contribution in [2.75, 3.05) is 20.2 Å². The molecule has 4 aromatic rings. The van der Waals surface area contributed by atoms with Crippen molar-refractivity contribution in [1.29, 1.82) is 0 Å². The van der Waals surface area contributed by atoms with Gasteiger partial charge in [0.1, 0.15) is 0 Å². The number of aromatic nitrogens is 5. The molecule has 0 aromatic carbocycles. The van der Waals surface area contributed by atoms with Crippen LogP contribution in [0.5, 0.6) is 5.75 Å². The second-order valence-corrected chi connectivity index (χ2v) is 8.07. The molecule has 1 saturated heterocycles. The molecular weight excluding hydrogens is 352 g/mol. The zero-order chi connectivity index (χ0) is 19.0. The SMILES string of the molecule is COc1cc(-c2cc(C)c3nc(C)cn3n2)cn2cc(C3C4CNCC43)nc12. The summed E-state index contributed by atoms with van der Waals surface area (Å²) < 4.78 is 9.62. The van der Waals surface area contributed by atoms with E-state index in [1.807, 2.05) is 23.7 Å². The molecule has 0 amide bonds. The van der Waals surface area contributed by atoms with Crippen LogP contribution in [0.3, 0.4) is 0 Å². The number of hydrogen-bond donors (Lipinski definition) is 1. The molecule has 0 radical (unpaired) electrons. The van der Waals surface area contributed by atoms with Crippen molar-refractivity contribution in [2.24, 2.45) is 11.8 Å². The van der Waals surface area contributed by atoms with E-state index in [9.17, 15) is 0 Å². The minimum absolute atomic E-state index is 0.583. The van der Waals surface area contributed by atoms with Gasteiger partial charge >= 0.3 is 0 Å². The summed E-state index contributed by atoms with van der Waals surface area (Å²) in [6.45, 7) is 6.27. The molecule has 0 bridgehead atoms. The average Bonchev–Trinajstić information content (AvgIpc) is 3.10. The zero-order valence-electron chi connectivity index (χ0n) is 16.2. The maximum Gasteiger partial charge on any atom is 0.179 e. The molecule has 142 valence electrons. The molecule has 7 heteroatoms. The van der Waals surface area contributed by atoms with Crippen LogP contribution in [0.25, 0.3) is 22.6 Å². The Labute approximate surface area is 162 Å². The molecule has 0 spiro atoms. The van der Waals surface area contributed by atoms with E-state index >= 15 is 0 Å². The van der Waals surface area contributed by atoms with Crippen molar-refractivity contribution in [3.8, 4) is 17.0 Å². The molecule has 6 rings (SSSR count). The Hall–Kier alpha value is -2.93. The van der Waals surface area contributed by atoms with Gasteiger partial charge in [0.05, 0.1) is 30.4 Å². The van der Waals surface area contributed by atoms with Gasteiger partial charge in [-0.25, -0.2) is 14.5 Å². The molecule has 1 aliphatic carbocycles. The third-order valence-corrected chi connectivity index (χ3v) is 6.21. The quantitative estimate of drug-likeness (QED) is 0.597. The van der Waals surface area contributed by atoms with Crippen LogP contribution in [0.15, 0.2) is 30.7 Å². The Morgan fingerprint density at radius 3 is 2.64 bits per heavy atom. The number of nitrogens with one attached hydrogen (secondary N) is 1. The Morgan fingerprint density at radius 2 is 1.86 bits per heavy atom. The first-order valence-corrected chi connectivity index (χ1v) is 9.74. The van der Waals surface area contributed by atoms with Gasteiger partial charge in [0.25, 0.3) is 0 Å². The topological polar surface area (TPSA) is 68.8 Å². The van der Waals surface area contributed by atoms with Gasteiger partial charge in [-0.2, -0.15) is 5.10 Å². The number of imidazole rings is 2. The third-order valence-electron chi connectivity index (χ3n) is 6.21. The Kier molecular flexibility index (Phi) is 3.18. The second kappa shape index (κ2) is 5.54. The summed E-state index contributed by atoms with van der Waals surface area (Å²) in [5.41, 5.74) is 6.90. The van der Waals surface area contributed by atoms with Gasteiger partial charge in [-0.1, -0.05) is 0 Å². The van der Waals surface area contributed by atoms with Gasteiger partial charge < -0.3 is 14.5 Å². The lowest BCUT2D eigenvalue weighted by Gasteiger charge is -2.08. The van der Waals surface area contributed by atoms with E-state index in [2.05, 4.69) is 40.1 Å². The Balaban J connectivity index is 1.48. The lowest BCUT2D eigenvalue weighted by Crippen LogP contribution is -2.14. The highest BCUT2D eigenvalue weighted by Gasteiger charge is 2.54. The van der Waals surface area contributed by atoms with E-state index in [1.54, 1.807) is 7.11 Å². The van der Waals surface area contributed by atoms with Crippen LogP contribution < -0.4 is 10.1 Å². The fourth-order valence-corrected chi connectivity index (χ4v) is 4.78. The summed E-state index contributed by atoms with van der Waals surface area (Å²) in [6.07, 6.45) is 6.22. The first-order valence-electron chi connectivity index (χ1n) is 9.74. The van der Waals surface area contributed by atoms with Gasteiger partial charge in [0, 0.05) is 23.9 Å². The van der Waals surface area contributed by atoms with Gasteiger partial charge in [-0.05, 0) is 56.5 Å². The molecule has 7 nitrogen and oxygen atoms in total. The van der Waals surface area contributed by atoms with E-state index in [-0.39, 0.29) is 0 Å². The highest BCUT2D eigenvalue weighted by Crippen LogP contribution is 2.55. The summed E-state index contributed by atoms with van der Waals surface area (Å²) in [7, 11) is 1.70. The van der Waals surface area contributed by atoms with Gasteiger partial charge in [-0.3, -0.25) is 0 Å². The third kappa shape index (κ3) is 2.22. The summed E-state index contributed by atoms with van der Waals surface area (Å²) >= 11 is 0. The number of hydrogen-bond acceptors (Lipinski definition) is 5. The van der Waals surface area contributed by atoms with Crippen LogP contribution in [0.4, 0.5) is 0 Å². The highest BCUT2D eigenvalue weighted by molar-refractivity contribution is 5.69. The molecule has 2 unspecified atom stereocenters. The van der Waals surface area contributed by atoms with Crippen LogP contribution >= 0.6 is 0 Å². The molecule has 2 fully saturated rings. The van der Waals surface area contributed by atoms with E-state index in [0.717, 1.165) is 64.5 Å². The number of nitrogens with zero attached hydrogens (tertiary/aromatic N) is 5. The average molecular weight is 374 g/mol. The Bertz CT molecular complexity index is 1230. The standard InChI is InChI=1S/C21H22N6O/c1-11-4-16(25-27-8-12(2)23-20(11)27)13-5-18(28-3)21-24-17(10-26(21)9-13)19-14-6-22-7-15(14)19/h4-5,8-10,14-15,19,22H,6-7H2,1-3H3. The smallest absolute Gasteiger partial charge is 0.179 e. The minimum Gasteiger partial charge on any atom is -0.493 e. The van der Waals surface area contributed by atoms with Crippen molar-refractivity contribution in [1.82, 2.24) is 29.3 Å². The van der Waals surface area contributed by atoms with Gasteiger partial charge in [0.2, 0.25) is 0 Å². The maximum atomic E-state index is 5.68. The monoisotopic (exact) mass is 374 g/mol. The van der Waals surface area contributed by atoms with Crippen LogP contribution in [-0.2, 0) is 0 Å². The summed E-state index contributed by atoms with van der Waals surface area (Å²) in [6, 6.07) is 4.11. The van der Waals surface area contributed by atoms with E-state index < -0.39 is 0 Å². The first-order chi connectivity index (χ1) is 13.6. The molecule has 1 saturated carbocycles. The molecule has 2 atom stereocenters. The molecule has 2 aliphatic rings. The van der Waals surface area contributed by atoms with Gasteiger partial charge in [-0.15, -0.1) is 0 Å². The Morgan fingerprint density at radius 1 is 1.04 bits per heavy atom. The van der Waals surface area contributed by atoms with E-state index in [4.69, 9.17) is 14.8 Å². The van der Waals surface area contributed by atoms with Crippen LogP contribution in [0.2, 0.25) is 0 Å². The fraction of sp³-hybridized carbons (Fsp3) is 0.381. The first kappa shape index (κ1) is 16.1. The normalized spacial score (nSPS) is 23.5. The molecule has 28 heavy (non-hydrogen) atoms. The summed E-state index contributed by atoms with van der Waals surface area (Å²) in [4.78, 5) is 9.45. The predicted molar refractivity (Wildman–Crippen MR) is 106 cm³/mol. The molecule has 1 aliphatic heterocycles. The molecule has 4 aromatic heterocycles. The van der Waals surface area contributed by atoms with Crippen LogP contribution in [-0.4, -0.2) is 44.2 Å². The fourth-order valence-electron chi connectivity index (χ4n) is 4.78. The molecule has 1 N–H and O–H groups in total. The van der Waals surface area contributed by atoms with Crippen LogP contribution in [0.1, 0.15) is 22.9 Å². The lowest BCUT2D eigenvalue weighted by molar-refractivity contribution is 0.417. The zero-order valence-corrected chi connectivity index (χ0v) is 16.2. The van der Waals surface area contributed by atoms with E-state index in [1.165, 1.54) is 5.69 Å². The van der Waals surface area contributed by atoms with Crippen molar-refractivity contribution >= 4 is 11.3 Å². The number of methoxy groups -OCH3 is 1. The summed E-state index contributed by atoms with van der Waals surface area (Å²) in [5.74, 6) is 2.84. The molecular formula is C21H22N6O. The van der Waals surface area contributed by atoms with Gasteiger partial charge in [0.15, 0.2) is 17.0 Å². The van der Waals surface area contributed by atoms with Crippen molar-refractivity contribution in [3.05, 3.63) is 47.7 Å². The number of aryl methyl sites for hydroxylation is 2. The highest BCUT2D eigenvalue weighted by atomic mass is 16.5. The number of rotatable bonds is 3. The summed E-state index contributed by atoms with van der Waals surface area (Å²) in [5, 5.41) is 8.22. The maximum absolute atomic E-state index is 5.68. The number of piperidine rings is 1. The minimum atomic E-state index is 0.583. The number of fused-ring (bicyclic) bond motifs is 3. The van der Waals surface area contributed by atoms with Crippen molar-refractivity contribution in [2.45, 2.75) is 19.8 Å². The number of pyridine rings is 1. The second-order valence-electron chi connectivity index (χ2n) is 8.07. The van der Waals surface area contributed by atoms with E-state index in [0.29, 0.717) is 5.92 Å². The van der Waals surface area contributed by atoms with Crippen LogP contribution in [0, 0.1) is 25.7 Å².